The van der Waals surface area contributed by atoms with Crippen molar-refractivity contribution in [2.45, 2.75) is 32.2 Å². The minimum Gasteiger partial charge on any atom is -0.349 e. The van der Waals surface area contributed by atoms with E-state index in [9.17, 15) is 9.18 Å². The standard InChI is InChI=1S/C16H23FN2O/c1-2-13-4-3-5-14(12-13)16(20)18-15-6-9-19(10-7-15)11-8-17/h3-5,12,15H,2,6-11H2,1H3,(H,18,20). The van der Waals surface area contributed by atoms with Crippen LogP contribution in [0.2, 0.25) is 0 Å². The molecule has 3 nitrogen and oxygen atoms in total. The molecule has 2 rings (SSSR count). The first-order valence-corrected chi connectivity index (χ1v) is 7.41. The number of likely N-dealkylation sites (tertiary alicyclic amines) is 1. The lowest BCUT2D eigenvalue weighted by molar-refractivity contribution is 0.0909. The molecule has 0 aromatic heterocycles. The average molecular weight is 278 g/mol. The molecule has 1 aliphatic rings. The Bertz CT molecular complexity index is 442. The molecule has 1 fully saturated rings. The molecular formula is C16H23FN2O. The van der Waals surface area contributed by atoms with Crippen LogP contribution in [-0.2, 0) is 6.42 Å². The number of halogens is 1. The molecule has 0 saturated carbocycles. The molecule has 0 aliphatic carbocycles. The Morgan fingerprint density at radius 2 is 2.15 bits per heavy atom. The van der Waals surface area contributed by atoms with Crippen LogP contribution < -0.4 is 5.32 Å². The highest BCUT2D eigenvalue weighted by molar-refractivity contribution is 5.94. The quantitative estimate of drug-likeness (QED) is 0.897. The first-order valence-electron chi connectivity index (χ1n) is 7.41. The number of alkyl halides is 1. The lowest BCUT2D eigenvalue weighted by atomic mass is 10.0. The van der Waals surface area contributed by atoms with Crippen LogP contribution in [0.4, 0.5) is 4.39 Å². The van der Waals surface area contributed by atoms with Gasteiger partial charge in [0.2, 0.25) is 0 Å². The van der Waals surface area contributed by atoms with Crippen molar-refractivity contribution in [1.29, 1.82) is 0 Å². The summed E-state index contributed by atoms with van der Waals surface area (Å²) in [5.74, 6) is 0.00393. The second-order valence-electron chi connectivity index (χ2n) is 5.33. The fourth-order valence-corrected chi connectivity index (χ4v) is 2.62. The predicted octanol–water partition coefficient (Wildman–Crippen LogP) is 2.41. The van der Waals surface area contributed by atoms with Gasteiger partial charge in [0.05, 0.1) is 0 Å². The van der Waals surface area contributed by atoms with Crippen LogP contribution in [0, 0.1) is 0 Å². The molecule has 1 N–H and O–H groups in total. The van der Waals surface area contributed by atoms with E-state index in [-0.39, 0.29) is 18.6 Å². The molecule has 0 radical (unpaired) electrons. The van der Waals surface area contributed by atoms with Crippen molar-refractivity contribution < 1.29 is 9.18 Å². The van der Waals surface area contributed by atoms with Crippen molar-refractivity contribution in [2.24, 2.45) is 0 Å². The van der Waals surface area contributed by atoms with E-state index >= 15 is 0 Å². The van der Waals surface area contributed by atoms with Crippen molar-refractivity contribution in [3.63, 3.8) is 0 Å². The molecule has 110 valence electrons. The third kappa shape index (κ3) is 4.04. The smallest absolute Gasteiger partial charge is 0.251 e. The maximum absolute atomic E-state index is 12.3. The predicted molar refractivity (Wildman–Crippen MR) is 78.7 cm³/mol. The van der Waals surface area contributed by atoms with Crippen molar-refractivity contribution >= 4 is 5.91 Å². The highest BCUT2D eigenvalue weighted by atomic mass is 19.1. The molecule has 1 aliphatic heterocycles. The molecular weight excluding hydrogens is 255 g/mol. The van der Waals surface area contributed by atoms with Crippen molar-refractivity contribution in [3.8, 4) is 0 Å². The number of hydrogen-bond donors (Lipinski definition) is 1. The molecule has 1 aromatic rings. The monoisotopic (exact) mass is 278 g/mol. The molecule has 0 bridgehead atoms. The van der Waals surface area contributed by atoms with E-state index in [2.05, 4.69) is 17.1 Å². The normalized spacial score (nSPS) is 17.1. The molecule has 0 unspecified atom stereocenters. The van der Waals surface area contributed by atoms with Gasteiger partial charge in [-0.05, 0) is 37.0 Å². The van der Waals surface area contributed by atoms with E-state index in [1.54, 1.807) is 0 Å². The van der Waals surface area contributed by atoms with E-state index in [1.165, 1.54) is 5.56 Å². The summed E-state index contributed by atoms with van der Waals surface area (Å²) in [6, 6.07) is 7.98. The summed E-state index contributed by atoms with van der Waals surface area (Å²) in [5, 5.41) is 3.09. The number of amides is 1. The SMILES string of the molecule is CCc1cccc(C(=O)NC2CCN(CCF)CC2)c1. The minimum atomic E-state index is -0.291. The summed E-state index contributed by atoms with van der Waals surface area (Å²) in [6.45, 7) is 4.03. The Morgan fingerprint density at radius 3 is 2.80 bits per heavy atom. The van der Waals surface area contributed by atoms with Gasteiger partial charge in [-0.3, -0.25) is 4.79 Å². The lowest BCUT2D eigenvalue weighted by Gasteiger charge is -2.31. The number of carbonyl (C=O) groups excluding carboxylic acids is 1. The Balaban J connectivity index is 1.86. The van der Waals surface area contributed by atoms with Crippen LogP contribution >= 0.6 is 0 Å². The van der Waals surface area contributed by atoms with Gasteiger partial charge in [-0.15, -0.1) is 0 Å². The zero-order valence-corrected chi connectivity index (χ0v) is 12.1. The maximum atomic E-state index is 12.3. The molecule has 4 heteroatoms. The Hall–Kier alpha value is -1.42. The number of benzene rings is 1. The van der Waals surface area contributed by atoms with Gasteiger partial charge in [0, 0.05) is 31.2 Å². The zero-order valence-electron chi connectivity index (χ0n) is 12.1. The number of nitrogens with one attached hydrogen (secondary N) is 1. The first kappa shape index (κ1) is 15.0. The first-order chi connectivity index (χ1) is 9.72. The van der Waals surface area contributed by atoms with E-state index in [0.29, 0.717) is 6.54 Å². The Labute approximate surface area is 120 Å². The zero-order chi connectivity index (χ0) is 14.4. The summed E-state index contributed by atoms with van der Waals surface area (Å²) in [7, 11) is 0. The van der Waals surface area contributed by atoms with E-state index in [1.807, 2.05) is 24.3 Å². The van der Waals surface area contributed by atoms with Crippen LogP contribution in [0.15, 0.2) is 24.3 Å². The summed E-state index contributed by atoms with van der Waals surface area (Å²) >= 11 is 0. The number of rotatable bonds is 5. The molecule has 0 atom stereocenters. The topological polar surface area (TPSA) is 32.3 Å². The fraction of sp³-hybridized carbons (Fsp3) is 0.562. The average Bonchev–Trinajstić information content (AvgIpc) is 2.49. The number of aryl methyl sites for hydroxylation is 1. The van der Waals surface area contributed by atoms with E-state index in [0.717, 1.165) is 37.9 Å². The fourth-order valence-electron chi connectivity index (χ4n) is 2.62. The van der Waals surface area contributed by atoms with Crippen molar-refractivity contribution in [1.82, 2.24) is 10.2 Å². The second-order valence-corrected chi connectivity index (χ2v) is 5.33. The van der Waals surface area contributed by atoms with Crippen LogP contribution in [-0.4, -0.2) is 43.2 Å². The van der Waals surface area contributed by atoms with Crippen LogP contribution in [0.25, 0.3) is 0 Å². The van der Waals surface area contributed by atoms with Gasteiger partial charge in [0.25, 0.3) is 5.91 Å². The van der Waals surface area contributed by atoms with Gasteiger partial charge >= 0.3 is 0 Å². The maximum Gasteiger partial charge on any atom is 0.251 e. The van der Waals surface area contributed by atoms with Gasteiger partial charge in [-0.25, -0.2) is 4.39 Å². The van der Waals surface area contributed by atoms with Crippen LogP contribution in [0.3, 0.4) is 0 Å². The molecule has 20 heavy (non-hydrogen) atoms. The van der Waals surface area contributed by atoms with Crippen LogP contribution in [0.5, 0.6) is 0 Å². The summed E-state index contributed by atoms with van der Waals surface area (Å²) in [5.41, 5.74) is 1.91. The van der Waals surface area contributed by atoms with Gasteiger partial charge in [0.1, 0.15) is 6.67 Å². The lowest BCUT2D eigenvalue weighted by Crippen LogP contribution is -2.45. The third-order valence-corrected chi connectivity index (χ3v) is 3.92. The van der Waals surface area contributed by atoms with Crippen molar-refractivity contribution in [3.05, 3.63) is 35.4 Å². The Morgan fingerprint density at radius 1 is 1.40 bits per heavy atom. The molecule has 1 saturated heterocycles. The van der Waals surface area contributed by atoms with E-state index in [4.69, 9.17) is 0 Å². The second kappa shape index (κ2) is 7.39. The summed E-state index contributed by atoms with van der Waals surface area (Å²) in [6.07, 6.45) is 2.74. The van der Waals surface area contributed by atoms with Crippen molar-refractivity contribution in [2.75, 3.05) is 26.3 Å². The Kier molecular flexibility index (Phi) is 5.53. The van der Waals surface area contributed by atoms with Gasteiger partial charge < -0.3 is 10.2 Å². The highest BCUT2D eigenvalue weighted by Crippen LogP contribution is 2.12. The van der Waals surface area contributed by atoms with Crippen LogP contribution in [0.1, 0.15) is 35.7 Å². The van der Waals surface area contributed by atoms with Gasteiger partial charge in [0.15, 0.2) is 0 Å². The summed E-state index contributed by atoms with van der Waals surface area (Å²) in [4.78, 5) is 14.3. The number of carbonyl (C=O) groups is 1. The number of nitrogens with zero attached hydrogens (tertiary/aromatic N) is 1. The van der Waals surface area contributed by atoms with Gasteiger partial charge in [-0.1, -0.05) is 19.1 Å². The molecule has 0 spiro atoms. The van der Waals surface area contributed by atoms with E-state index < -0.39 is 0 Å². The largest absolute Gasteiger partial charge is 0.349 e. The minimum absolute atomic E-state index is 0.00393. The molecule has 1 heterocycles. The third-order valence-electron chi connectivity index (χ3n) is 3.92. The molecule has 1 amide bonds. The summed E-state index contributed by atoms with van der Waals surface area (Å²) < 4.78 is 12.3. The molecule has 1 aromatic carbocycles. The number of hydrogen-bond acceptors (Lipinski definition) is 2. The number of piperidine rings is 1. The van der Waals surface area contributed by atoms with Gasteiger partial charge in [-0.2, -0.15) is 0 Å². The highest BCUT2D eigenvalue weighted by Gasteiger charge is 2.20.